The number of hydrazine groups is 1. The Hall–Kier alpha value is -1.33. The molecular formula is C13H14Cl2N4. The zero-order chi connectivity index (χ0) is 13.8. The number of rotatable bonds is 4. The summed E-state index contributed by atoms with van der Waals surface area (Å²) < 4.78 is 0. The van der Waals surface area contributed by atoms with E-state index in [2.05, 4.69) is 10.4 Å². The largest absolute Gasteiger partial charge is 0.398 e. The number of hydrogen-bond donors (Lipinski definition) is 3. The summed E-state index contributed by atoms with van der Waals surface area (Å²) in [6.45, 7) is 0. The number of anilines is 1. The molecule has 1 aromatic carbocycles. The molecule has 19 heavy (non-hydrogen) atoms. The van der Waals surface area contributed by atoms with Crippen LogP contribution in [0.25, 0.3) is 0 Å². The van der Waals surface area contributed by atoms with E-state index < -0.39 is 0 Å². The minimum Gasteiger partial charge on any atom is -0.398 e. The molecule has 2 rings (SSSR count). The van der Waals surface area contributed by atoms with E-state index in [9.17, 15) is 0 Å². The maximum Gasteiger partial charge on any atom is 0.0595 e. The molecule has 2 aromatic rings. The molecule has 0 aliphatic carbocycles. The predicted octanol–water partition coefficient (Wildman–Crippen LogP) is 2.72. The molecule has 0 aliphatic rings. The van der Waals surface area contributed by atoms with E-state index in [-0.39, 0.29) is 6.04 Å². The smallest absolute Gasteiger partial charge is 0.0595 e. The monoisotopic (exact) mass is 296 g/mol. The molecule has 1 heterocycles. The van der Waals surface area contributed by atoms with E-state index >= 15 is 0 Å². The number of hydrogen-bond acceptors (Lipinski definition) is 4. The highest BCUT2D eigenvalue weighted by Crippen LogP contribution is 2.26. The van der Waals surface area contributed by atoms with Crippen LogP contribution in [0.5, 0.6) is 0 Å². The zero-order valence-electron chi connectivity index (χ0n) is 10.1. The Morgan fingerprint density at radius 2 is 2.00 bits per heavy atom. The Kier molecular flexibility index (Phi) is 4.61. The van der Waals surface area contributed by atoms with Crippen molar-refractivity contribution in [2.45, 2.75) is 12.5 Å². The zero-order valence-corrected chi connectivity index (χ0v) is 11.6. The van der Waals surface area contributed by atoms with Crippen molar-refractivity contribution in [2.75, 3.05) is 5.73 Å². The van der Waals surface area contributed by atoms with Crippen LogP contribution in [0.3, 0.4) is 0 Å². The standard InChI is InChI=1S/C13H14Cl2N4/c14-10-2-1-8(5-11(10)15)6-13(19-17)9-7-18-4-3-12(9)16/h1-5,7,13,19H,6,17H2,(H2,16,18). The lowest BCUT2D eigenvalue weighted by Gasteiger charge is -2.18. The van der Waals surface area contributed by atoms with Crippen LogP contribution in [-0.2, 0) is 6.42 Å². The van der Waals surface area contributed by atoms with Gasteiger partial charge >= 0.3 is 0 Å². The highest BCUT2D eigenvalue weighted by Gasteiger charge is 2.14. The van der Waals surface area contributed by atoms with Crippen LogP contribution in [-0.4, -0.2) is 4.98 Å². The van der Waals surface area contributed by atoms with Gasteiger partial charge in [0.2, 0.25) is 0 Å². The molecule has 6 heteroatoms. The molecule has 0 aliphatic heterocycles. The molecule has 5 N–H and O–H groups in total. The minimum atomic E-state index is -0.133. The molecule has 0 spiro atoms. The molecule has 1 atom stereocenters. The van der Waals surface area contributed by atoms with Crippen molar-refractivity contribution in [2.24, 2.45) is 5.84 Å². The van der Waals surface area contributed by atoms with E-state index in [0.717, 1.165) is 11.1 Å². The normalized spacial score (nSPS) is 12.4. The summed E-state index contributed by atoms with van der Waals surface area (Å²) in [5.74, 6) is 5.60. The number of benzene rings is 1. The van der Waals surface area contributed by atoms with Gasteiger partial charge in [-0.05, 0) is 30.2 Å². The van der Waals surface area contributed by atoms with E-state index in [1.807, 2.05) is 12.1 Å². The van der Waals surface area contributed by atoms with Crippen molar-refractivity contribution in [3.8, 4) is 0 Å². The molecule has 0 saturated heterocycles. The quantitative estimate of drug-likeness (QED) is 0.599. The number of nitrogens with two attached hydrogens (primary N) is 2. The maximum absolute atomic E-state index is 6.00. The molecule has 4 nitrogen and oxygen atoms in total. The molecule has 1 unspecified atom stereocenters. The highest BCUT2D eigenvalue weighted by molar-refractivity contribution is 6.42. The Labute approximate surface area is 121 Å². The summed E-state index contributed by atoms with van der Waals surface area (Å²) in [6, 6.07) is 7.10. The Bertz CT molecular complexity index is 574. The lowest BCUT2D eigenvalue weighted by atomic mass is 9.99. The third-order valence-corrected chi connectivity index (χ3v) is 3.63. The molecule has 0 amide bonds. The van der Waals surface area contributed by atoms with E-state index in [1.54, 1.807) is 24.5 Å². The van der Waals surface area contributed by atoms with Crippen molar-refractivity contribution in [1.29, 1.82) is 0 Å². The minimum absolute atomic E-state index is 0.133. The second kappa shape index (κ2) is 6.21. The van der Waals surface area contributed by atoms with Gasteiger partial charge in [0.25, 0.3) is 0 Å². The van der Waals surface area contributed by atoms with E-state index in [1.165, 1.54) is 0 Å². The molecule has 0 saturated carbocycles. The lowest BCUT2D eigenvalue weighted by molar-refractivity contribution is 0.552. The van der Waals surface area contributed by atoms with Crippen LogP contribution in [0.4, 0.5) is 5.69 Å². The van der Waals surface area contributed by atoms with Crippen LogP contribution in [0.2, 0.25) is 10.0 Å². The van der Waals surface area contributed by atoms with Gasteiger partial charge in [0.05, 0.1) is 16.1 Å². The van der Waals surface area contributed by atoms with Gasteiger partial charge in [-0.15, -0.1) is 0 Å². The predicted molar refractivity (Wildman–Crippen MR) is 78.9 cm³/mol. The molecule has 1 aromatic heterocycles. The summed E-state index contributed by atoms with van der Waals surface area (Å²) >= 11 is 11.9. The van der Waals surface area contributed by atoms with Crippen LogP contribution >= 0.6 is 23.2 Å². The van der Waals surface area contributed by atoms with Gasteiger partial charge in [-0.1, -0.05) is 29.3 Å². The molecule has 0 fully saturated rings. The first-order valence-electron chi connectivity index (χ1n) is 5.71. The number of halogens is 2. The first-order valence-corrected chi connectivity index (χ1v) is 6.47. The summed E-state index contributed by atoms with van der Waals surface area (Å²) in [4.78, 5) is 4.06. The molecule has 0 radical (unpaired) electrons. The van der Waals surface area contributed by atoms with E-state index in [0.29, 0.717) is 22.2 Å². The van der Waals surface area contributed by atoms with Crippen LogP contribution in [0, 0.1) is 0 Å². The second-order valence-electron chi connectivity index (χ2n) is 4.18. The third-order valence-electron chi connectivity index (χ3n) is 2.89. The van der Waals surface area contributed by atoms with Gasteiger partial charge < -0.3 is 5.73 Å². The maximum atomic E-state index is 6.00. The number of nitrogen functional groups attached to an aromatic ring is 1. The van der Waals surface area contributed by atoms with Crippen LogP contribution in [0.15, 0.2) is 36.7 Å². The van der Waals surface area contributed by atoms with Crippen molar-refractivity contribution < 1.29 is 0 Å². The summed E-state index contributed by atoms with van der Waals surface area (Å²) in [5.41, 5.74) is 11.2. The first kappa shape index (κ1) is 14.1. The average Bonchev–Trinajstić information content (AvgIpc) is 2.41. The van der Waals surface area contributed by atoms with Gasteiger partial charge in [-0.25, -0.2) is 0 Å². The van der Waals surface area contributed by atoms with Crippen molar-refractivity contribution >= 4 is 28.9 Å². The summed E-state index contributed by atoms with van der Waals surface area (Å²) in [5, 5.41) is 1.05. The summed E-state index contributed by atoms with van der Waals surface area (Å²) in [6.07, 6.45) is 3.99. The second-order valence-corrected chi connectivity index (χ2v) is 4.99. The summed E-state index contributed by atoms with van der Waals surface area (Å²) in [7, 11) is 0. The Balaban J connectivity index is 2.24. The lowest BCUT2D eigenvalue weighted by Crippen LogP contribution is -2.30. The van der Waals surface area contributed by atoms with Crippen LogP contribution in [0.1, 0.15) is 17.2 Å². The number of nitrogens with zero attached hydrogens (tertiary/aromatic N) is 1. The van der Waals surface area contributed by atoms with Gasteiger partial charge in [0, 0.05) is 23.6 Å². The third kappa shape index (κ3) is 3.36. The number of pyridine rings is 1. The molecule has 0 bridgehead atoms. The molecular weight excluding hydrogens is 283 g/mol. The fourth-order valence-electron chi connectivity index (χ4n) is 1.87. The number of aromatic nitrogens is 1. The Morgan fingerprint density at radius 1 is 1.21 bits per heavy atom. The molecule has 100 valence electrons. The average molecular weight is 297 g/mol. The van der Waals surface area contributed by atoms with Gasteiger partial charge in [-0.3, -0.25) is 16.3 Å². The van der Waals surface area contributed by atoms with Gasteiger partial charge in [0.15, 0.2) is 0 Å². The van der Waals surface area contributed by atoms with Crippen LogP contribution < -0.4 is 17.0 Å². The van der Waals surface area contributed by atoms with Gasteiger partial charge in [-0.2, -0.15) is 0 Å². The highest BCUT2D eigenvalue weighted by atomic mass is 35.5. The Morgan fingerprint density at radius 3 is 2.63 bits per heavy atom. The van der Waals surface area contributed by atoms with Crippen molar-refractivity contribution in [1.82, 2.24) is 10.4 Å². The van der Waals surface area contributed by atoms with Gasteiger partial charge in [0.1, 0.15) is 0 Å². The van der Waals surface area contributed by atoms with Crippen molar-refractivity contribution in [3.63, 3.8) is 0 Å². The fraction of sp³-hybridized carbons (Fsp3) is 0.154. The SMILES string of the molecule is NNC(Cc1ccc(Cl)c(Cl)c1)c1cnccc1N. The fourth-order valence-corrected chi connectivity index (χ4v) is 2.19. The van der Waals surface area contributed by atoms with Crippen molar-refractivity contribution in [3.05, 3.63) is 57.8 Å². The van der Waals surface area contributed by atoms with E-state index in [4.69, 9.17) is 34.8 Å². The first-order chi connectivity index (χ1) is 9.11. The topological polar surface area (TPSA) is 77.0 Å². The number of nitrogens with one attached hydrogen (secondary N) is 1.